The van der Waals surface area contributed by atoms with Gasteiger partial charge in [-0.2, -0.15) is 0 Å². The van der Waals surface area contributed by atoms with Crippen LogP contribution in [0.15, 0.2) is 25.3 Å². The lowest BCUT2D eigenvalue weighted by atomic mass is 10.1. The third-order valence-corrected chi connectivity index (χ3v) is 2.32. The summed E-state index contributed by atoms with van der Waals surface area (Å²) in [5.41, 5.74) is 0. The van der Waals surface area contributed by atoms with Crippen molar-refractivity contribution in [3.63, 3.8) is 0 Å². The van der Waals surface area contributed by atoms with Crippen LogP contribution in [0.5, 0.6) is 0 Å². The molecule has 2 rings (SSSR count). The molecule has 14 heavy (non-hydrogen) atoms. The first-order chi connectivity index (χ1) is 6.83. The number of nitrogens with zero attached hydrogens (tertiary/aromatic N) is 3. The van der Waals surface area contributed by atoms with Gasteiger partial charge in [-0.1, -0.05) is 13.0 Å². The largest absolute Gasteiger partial charge is 0.314 e. The summed E-state index contributed by atoms with van der Waals surface area (Å²) in [5, 5.41) is 0. The molecular weight excluding hydrogens is 174 g/mol. The smallest absolute Gasteiger partial charge is 0.0986 e. The van der Waals surface area contributed by atoms with Crippen molar-refractivity contribution in [1.29, 1.82) is 0 Å². The number of likely N-dealkylation sites (tertiary alicyclic amines) is 1. The van der Waals surface area contributed by atoms with Gasteiger partial charge in [0.2, 0.25) is 0 Å². The van der Waals surface area contributed by atoms with Crippen molar-refractivity contribution in [1.82, 2.24) is 14.5 Å². The molecule has 0 radical (unpaired) electrons. The van der Waals surface area contributed by atoms with Gasteiger partial charge in [0.1, 0.15) is 0 Å². The van der Waals surface area contributed by atoms with Crippen molar-refractivity contribution in [2.75, 3.05) is 20.1 Å². The minimum atomic E-state index is 1.32. The fraction of sp³-hybridized carbons (Fsp3) is 0.545. The summed E-state index contributed by atoms with van der Waals surface area (Å²) in [5.74, 6) is 0. The summed E-state index contributed by atoms with van der Waals surface area (Å²) in [6, 6.07) is 0. The zero-order chi connectivity index (χ0) is 10.2. The molecule has 1 saturated heterocycles. The molecule has 3 nitrogen and oxygen atoms in total. The molecular formula is C11H19N3. The van der Waals surface area contributed by atoms with E-state index in [9.17, 15) is 0 Å². The predicted molar refractivity (Wildman–Crippen MR) is 60.0 cm³/mol. The highest BCUT2D eigenvalue weighted by molar-refractivity contribution is 5.14. The van der Waals surface area contributed by atoms with E-state index < -0.39 is 0 Å². The Morgan fingerprint density at radius 2 is 2.00 bits per heavy atom. The summed E-state index contributed by atoms with van der Waals surface area (Å²) < 4.78 is 1.78. The minimum absolute atomic E-state index is 1.32. The Hall–Kier alpha value is -1.09. The Bertz CT molecular complexity index is 235. The van der Waals surface area contributed by atoms with E-state index in [1.807, 2.05) is 6.20 Å². The van der Waals surface area contributed by atoms with Crippen LogP contribution < -0.4 is 0 Å². The topological polar surface area (TPSA) is 21.1 Å². The summed E-state index contributed by atoms with van der Waals surface area (Å²) in [6.07, 6.45) is 11.2. The lowest BCUT2D eigenvalue weighted by Gasteiger charge is -2.20. The molecule has 1 aromatic heterocycles. The molecule has 1 aliphatic rings. The van der Waals surface area contributed by atoms with Gasteiger partial charge in [0.15, 0.2) is 0 Å². The van der Waals surface area contributed by atoms with E-state index >= 15 is 0 Å². The number of piperidine rings is 1. The third-order valence-electron chi connectivity index (χ3n) is 2.32. The van der Waals surface area contributed by atoms with E-state index in [1.54, 1.807) is 23.3 Å². The molecule has 0 saturated carbocycles. The zero-order valence-corrected chi connectivity index (χ0v) is 8.89. The fourth-order valence-electron chi connectivity index (χ4n) is 1.43. The van der Waals surface area contributed by atoms with Crippen LogP contribution in [-0.4, -0.2) is 34.6 Å². The van der Waals surface area contributed by atoms with Crippen LogP contribution in [0.2, 0.25) is 0 Å². The van der Waals surface area contributed by atoms with Gasteiger partial charge < -0.3 is 9.47 Å². The van der Waals surface area contributed by atoms with E-state index in [0.717, 1.165) is 0 Å². The average Bonchev–Trinajstić information content (AvgIpc) is 2.72. The van der Waals surface area contributed by atoms with E-state index in [-0.39, 0.29) is 0 Å². The Labute approximate surface area is 86.1 Å². The number of hydrogen-bond donors (Lipinski definition) is 0. The first kappa shape index (κ1) is 11.0. The summed E-state index contributed by atoms with van der Waals surface area (Å²) in [4.78, 5) is 6.18. The van der Waals surface area contributed by atoms with Crippen LogP contribution in [0.1, 0.15) is 19.3 Å². The van der Waals surface area contributed by atoms with E-state index in [2.05, 4.69) is 23.5 Å². The second kappa shape index (κ2) is 6.38. The normalized spacial score (nSPS) is 16.9. The lowest BCUT2D eigenvalue weighted by Crippen LogP contribution is -2.24. The molecule has 1 aromatic rings. The molecule has 0 unspecified atom stereocenters. The quantitative estimate of drug-likeness (QED) is 0.681. The summed E-state index contributed by atoms with van der Waals surface area (Å²) in [7, 11) is 2.19. The number of aromatic nitrogens is 2. The molecule has 1 fully saturated rings. The van der Waals surface area contributed by atoms with Crippen molar-refractivity contribution in [3.05, 3.63) is 25.3 Å². The van der Waals surface area contributed by atoms with Gasteiger partial charge in [0, 0.05) is 18.6 Å². The molecule has 0 spiro atoms. The first-order valence-corrected chi connectivity index (χ1v) is 5.11. The average molecular weight is 193 g/mol. The van der Waals surface area contributed by atoms with Crippen LogP contribution in [0, 0.1) is 0 Å². The van der Waals surface area contributed by atoms with Crippen LogP contribution in [0.4, 0.5) is 0 Å². The lowest BCUT2D eigenvalue weighted by molar-refractivity contribution is 0.277. The van der Waals surface area contributed by atoms with E-state index in [4.69, 9.17) is 0 Å². The van der Waals surface area contributed by atoms with Crippen LogP contribution in [0.3, 0.4) is 0 Å². The monoisotopic (exact) mass is 193 g/mol. The maximum absolute atomic E-state index is 3.78. The number of rotatable bonds is 1. The van der Waals surface area contributed by atoms with Crippen molar-refractivity contribution in [2.45, 2.75) is 19.3 Å². The van der Waals surface area contributed by atoms with Crippen molar-refractivity contribution in [3.8, 4) is 0 Å². The fourth-order valence-corrected chi connectivity index (χ4v) is 1.43. The van der Waals surface area contributed by atoms with Gasteiger partial charge in [-0.05, 0) is 33.0 Å². The zero-order valence-electron chi connectivity index (χ0n) is 8.89. The van der Waals surface area contributed by atoms with Crippen molar-refractivity contribution >= 4 is 6.20 Å². The SMILES string of the molecule is C=Cn1ccnc1.CN1CCCCC1. The maximum Gasteiger partial charge on any atom is 0.0986 e. The minimum Gasteiger partial charge on any atom is -0.314 e. The highest BCUT2D eigenvalue weighted by Gasteiger charge is 2.02. The van der Waals surface area contributed by atoms with Gasteiger partial charge in [-0.3, -0.25) is 0 Å². The molecule has 0 amide bonds. The molecule has 0 bridgehead atoms. The van der Waals surface area contributed by atoms with Gasteiger partial charge in [0.25, 0.3) is 0 Å². The van der Waals surface area contributed by atoms with Gasteiger partial charge in [-0.25, -0.2) is 4.98 Å². The van der Waals surface area contributed by atoms with Crippen LogP contribution in [-0.2, 0) is 0 Å². The molecule has 0 aromatic carbocycles. The van der Waals surface area contributed by atoms with Crippen molar-refractivity contribution in [2.24, 2.45) is 0 Å². The predicted octanol–water partition coefficient (Wildman–Crippen LogP) is 2.09. The molecule has 1 aliphatic heterocycles. The standard InChI is InChI=1S/C6H13N.C5H6N2/c1-7-5-3-2-4-6-7;1-2-7-4-3-6-5-7/h2-6H2,1H3;2-5H,1H2. The number of hydrogen-bond acceptors (Lipinski definition) is 2. The molecule has 2 heterocycles. The second-order valence-electron chi connectivity index (χ2n) is 3.56. The molecule has 0 atom stereocenters. The van der Waals surface area contributed by atoms with Gasteiger partial charge in [-0.15, -0.1) is 0 Å². The summed E-state index contributed by atoms with van der Waals surface area (Å²) >= 11 is 0. The van der Waals surface area contributed by atoms with E-state index in [0.29, 0.717) is 0 Å². The molecule has 0 N–H and O–H groups in total. The maximum atomic E-state index is 3.78. The molecule has 0 aliphatic carbocycles. The van der Waals surface area contributed by atoms with Gasteiger partial charge >= 0.3 is 0 Å². The Kier molecular flexibility index (Phi) is 5.00. The Morgan fingerprint density at radius 3 is 2.29 bits per heavy atom. The summed E-state index contributed by atoms with van der Waals surface area (Å²) in [6.45, 7) is 6.16. The van der Waals surface area contributed by atoms with Gasteiger partial charge in [0.05, 0.1) is 6.33 Å². The van der Waals surface area contributed by atoms with Crippen LogP contribution >= 0.6 is 0 Å². The molecule has 78 valence electrons. The van der Waals surface area contributed by atoms with Crippen molar-refractivity contribution < 1.29 is 0 Å². The Morgan fingerprint density at radius 1 is 1.29 bits per heavy atom. The highest BCUT2D eigenvalue weighted by atomic mass is 15.1. The number of imidazole rings is 1. The highest BCUT2D eigenvalue weighted by Crippen LogP contribution is 2.04. The first-order valence-electron chi connectivity index (χ1n) is 5.11. The van der Waals surface area contributed by atoms with E-state index in [1.165, 1.54) is 32.4 Å². The van der Waals surface area contributed by atoms with Crippen LogP contribution in [0.25, 0.3) is 6.20 Å². The molecule has 3 heteroatoms. The second-order valence-corrected chi connectivity index (χ2v) is 3.56. The third kappa shape index (κ3) is 4.23. The Balaban J connectivity index is 0.000000140.